The van der Waals surface area contributed by atoms with E-state index in [-0.39, 0.29) is 5.69 Å². The lowest BCUT2D eigenvalue weighted by molar-refractivity contribution is -0.290. The summed E-state index contributed by atoms with van der Waals surface area (Å²) >= 11 is 0. The standard InChI is InChI=1S/C7H5F5N2/c8-6(9,7(10,11)12)5-2-1-4(13)3-14-5/h1-3H,13H2. The van der Waals surface area contributed by atoms with E-state index in [0.717, 1.165) is 12.3 Å². The maximum atomic E-state index is 12.6. The molecule has 2 nitrogen and oxygen atoms in total. The van der Waals surface area contributed by atoms with Crippen LogP contribution >= 0.6 is 0 Å². The summed E-state index contributed by atoms with van der Waals surface area (Å²) in [5.74, 6) is -4.94. The second kappa shape index (κ2) is 3.07. The molecule has 0 saturated carbocycles. The minimum Gasteiger partial charge on any atom is -0.397 e. The molecular weight excluding hydrogens is 207 g/mol. The van der Waals surface area contributed by atoms with Gasteiger partial charge in [-0.1, -0.05) is 0 Å². The van der Waals surface area contributed by atoms with E-state index in [1.54, 1.807) is 0 Å². The number of anilines is 1. The molecule has 14 heavy (non-hydrogen) atoms. The monoisotopic (exact) mass is 212 g/mol. The van der Waals surface area contributed by atoms with Crippen LogP contribution in [0, 0.1) is 0 Å². The molecule has 0 atom stereocenters. The third-order valence-corrected chi connectivity index (χ3v) is 1.46. The highest BCUT2D eigenvalue weighted by atomic mass is 19.4. The molecule has 0 aromatic carbocycles. The average Bonchev–Trinajstić information content (AvgIpc) is 2.03. The Balaban J connectivity index is 3.10. The zero-order valence-corrected chi connectivity index (χ0v) is 6.65. The molecule has 0 unspecified atom stereocenters. The number of halogens is 5. The van der Waals surface area contributed by atoms with Gasteiger partial charge in [0, 0.05) is 0 Å². The number of alkyl halides is 5. The average molecular weight is 212 g/mol. The van der Waals surface area contributed by atoms with E-state index in [2.05, 4.69) is 4.98 Å². The first kappa shape index (κ1) is 10.7. The van der Waals surface area contributed by atoms with Gasteiger partial charge in [-0.05, 0) is 12.1 Å². The second-order valence-electron chi connectivity index (χ2n) is 2.55. The highest BCUT2D eigenvalue weighted by molar-refractivity contribution is 5.35. The van der Waals surface area contributed by atoms with Crippen LogP contribution in [0.2, 0.25) is 0 Å². The molecule has 1 aromatic rings. The van der Waals surface area contributed by atoms with Crippen LogP contribution in [-0.2, 0) is 5.92 Å². The van der Waals surface area contributed by atoms with Gasteiger partial charge < -0.3 is 5.73 Å². The maximum Gasteiger partial charge on any atom is 0.459 e. The number of nitrogens with zero attached hydrogens (tertiary/aromatic N) is 1. The van der Waals surface area contributed by atoms with E-state index in [1.807, 2.05) is 0 Å². The normalized spacial score (nSPS) is 12.9. The summed E-state index contributed by atoms with van der Waals surface area (Å²) in [5, 5.41) is 0. The Kier molecular flexibility index (Phi) is 2.34. The predicted octanol–water partition coefficient (Wildman–Crippen LogP) is 2.32. The molecule has 0 bridgehead atoms. The first-order valence-electron chi connectivity index (χ1n) is 3.41. The van der Waals surface area contributed by atoms with Gasteiger partial charge in [0.25, 0.3) is 0 Å². The first-order chi connectivity index (χ1) is 6.25. The number of nitrogen functional groups attached to an aromatic ring is 1. The van der Waals surface area contributed by atoms with Gasteiger partial charge in [-0.2, -0.15) is 22.0 Å². The largest absolute Gasteiger partial charge is 0.459 e. The lowest BCUT2D eigenvalue weighted by Gasteiger charge is -2.18. The number of rotatable bonds is 1. The molecule has 78 valence electrons. The van der Waals surface area contributed by atoms with Crippen LogP contribution < -0.4 is 5.73 Å². The topological polar surface area (TPSA) is 38.9 Å². The fourth-order valence-electron chi connectivity index (χ4n) is 0.736. The van der Waals surface area contributed by atoms with Crippen molar-refractivity contribution in [1.29, 1.82) is 0 Å². The second-order valence-corrected chi connectivity index (χ2v) is 2.55. The third kappa shape index (κ3) is 1.75. The summed E-state index contributed by atoms with van der Waals surface area (Å²) in [6.45, 7) is 0. The van der Waals surface area contributed by atoms with Crippen molar-refractivity contribution in [3.63, 3.8) is 0 Å². The van der Waals surface area contributed by atoms with Crippen molar-refractivity contribution in [2.45, 2.75) is 12.1 Å². The SMILES string of the molecule is Nc1ccc(C(F)(F)C(F)(F)F)nc1. The Morgan fingerprint density at radius 1 is 1.07 bits per heavy atom. The minimum atomic E-state index is -5.64. The quantitative estimate of drug-likeness (QED) is 0.725. The summed E-state index contributed by atoms with van der Waals surface area (Å²) in [7, 11) is 0. The molecule has 0 saturated heterocycles. The van der Waals surface area contributed by atoms with Crippen LogP contribution in [-0.4, -0.2) is 11.2 Å². The summed E-state index contributed by atoms with van der Waals surface area (Å²) in [5.41, 5.74) is 3.75. The highest BCUT2D eigenvalue weighted by Gasteiger charge is 2.59. The van der Waals surface area contributed by atoms with Crippen LogP contribution in [0.15, 0.2) is 18.3 Å². The van der Waals surface area contributed by atoms with E-state index < -0.39 is 17.8 Å². The van der Waals surface area contributed by atoms with Crippen LogP contribution in [0.5, 0.6) is 0 Å². The molecule has 0 aliphatic rings. The molecule has 0 fully saturated rings. The number of aromatic nitrogens is 1. The Morgan fingerprint density at radius 2 is 1.64 bits per heavy atom. The summed E-state index contributed by atoms with van der Waals surface area (Å²) in [6.07, 6.45) is -4.90. The Morgan fingerprint density at radius 3 is 2.00 bits per heavy atom. The first-order valence-corrected chi connectivity index (χ1v) is 3.41. The fraction of sp³-hybridized carbons (Fsp3) is 0.286. The Bertz CT molecular complexity index is 316. The zero-order chi connectivity index (χ0) is 11.0. The van der Waals surface area contributed by atoms with Gasteiger partial charge in [0.2, 0.25) is 0 Å². The molecule has 0 aliphatic carbocycles. The van der Waals surface area contributed by atoms with Gasteiger partial charge in [0.1, 0.15) is 5.69 Å². The van der Waals surface area contributed by atoms with Crippen molar-refractivity contribution in [2.75, 3.05) is 5.73 Å². The van der Waals surface area contributed by atoms with Crippen molar-refractivity contribution in [3.8, 4) is 0 Å². The maximum absolute atomic E-state index is 12.6. The molecule has 2 N–H and O–H groups in total. The summed E-state index contributed by atoms with van der Waals surface area (Å²) < 4.78 is 60.5. The molecule has 0 amide bonds. The van der Waals surface area contributed by atoms with Crippen LogP contribution in [0.3, 0.4) is 0 Å². The summed E-state index contributed by atoms with van der Waals surface area (Å²) in [6, 6.07) is 1.48. The van der Waals surface area contributed by atoms with E-state index >= 15 is 0 Å². The fourth-order valence-corrected chi connectivity index (χ4v) is 0.736. The van der Waals surface area contributed by atoms with E-state index in [1.165, 1.54) is 0 Å². The van der Waals surface area contributed by atoms with Gasteiger partial charge in [-0.15, -0.1) is 0 Å². The van der Waals surface area contributed by atoms with Gasteiger partial charge in [-0.3, -0.25) is 4.98 Å². The molecule has 1 heterocycles. The van der Waals surface area contributed by atoms with E-state index in [9.17, 15) is 22.0 Å². The van der Waals surface area contributed by atoms with Crippen molar-refractivity contribution in [3.05, 3.63) is 24.0 Å². The van der Waals surface area contributed by atoms with Crippen LogP contribution in [0.4, 0.5) is 27.6 Å². The molecule has 7 heteroatoms. The lowest BCUT2D eigenvalue weighted by atomic mass is 10.2. The Hall–Kier alpha value is -1.40. The smallest absolute Gasteiger partial charge is 0.397 e. The van der Waals surface area contributed by atoms with E-state index in [4.69, 9.17) is 5.73 Å². The van der Waals surface area contributed by atoms with Crippen molar-refractivity contribution in [2.24, 2.45) is 0 Å². The number of hydrogen-bond acceptors (Lipinski definition) is 2. The van der Waals surface area contributed by atoms with Crippen LogP contribution in [0.25, 0.3) is 0 Å². The predicted molar refractivity (Wildman–Crippen MR) is 38.6 cm³/mol. The number of pyridine rings is 1. The molecule has 0 aliphatic heterocycles. The van der Waals surface area contributed by atoms with Gasteiger partial charge in [-0.25, -0.2) is 0 Å². The van der Waals surface area contributed by atoms with Crippen molar-refractivity contribution in [1.82, 2.24) is 4.98 Å². The van der Waals surface area contributed by atoms with Gasteiger partial charge in [0.15, 0.2) is 0 Å². The number of hydrogen-bond donors (Lipinski definition) is 1. The molecular formula is C7H5F5N2. The number of nitrogens with two attached hydrogens (primary N) is 1. The van der Waals surface area contributed by atoms with Crippen molar-refractivity contribution >= 4 is 5.69 Å². The molecule has 0 radical (unpaired) electrons. The zero-order valence-electron chi connectivity index (χ0n) is 6.65. The summed E-state index contributed by atoms with van der Waals surface area (Å²) in [4.78, 5) is 2.92. The lowest BCUT2D eigenvalue weighted by Crippen LogP contribution is -2.34. The molecule has 1 aromatic heterocycles. The Labute approximate surface area is 75.5 Å². The van der Waals surface area contributed by atoms with Crippen molar-refractivity contribution < 1.29 is 22.0 Å². The minimum absolute atomic E-state index is 0.0201. The molecule has 1 rings (SSSR count). The third-order valence-electron chi connectivity index (χ3n) is 1.46. The highest BCUT2D eigenvalue weighted by Crippen LogP contribution is 2.42. The van der Waals surface area contributed by atoms with Gasteiger partial charge >= 0.3 is 12.1 Å². The van der Waals surface area contributed by atoms with E-state index in [0.29, 0.717) is 6.07 Å². The van der Waals surface area contributed by atoms with Crippen LogP contribution in [0.1, 0.15) is 5.69 Å². The van der Waals surface area contributed by atoms with Gasteiger partial charge in [0.05, 0.1) is 11.9 Å². The molecule has 0 spiro atoms.